The summed E-state index contributed by atoms with van der Waals surface area (Å²) in [5.41, 5.74) is 5.91. The fraction of sp³-hybridized carbons (Fsp3) is 0.286. The molecule has 0 radical (unpaired) electrons. The normalized spacial score (nSPS) is 13.6. The molecule has 0 aliphatic heterocycles. The van der Waals surface area contributed by atoms with Gasteiger partial charge in [-0.25, -0.2) is 0 Å². The van der Waals surface area contributed by atoms with Crippen LogP contribution in [0.25, 0.3) is 0 Å². The molecule has 8 heteroatoms. The number of amides is 1. The van der Waals surface area contributed by atoms with Gasteiger partial charge in [-0.15, -0.1) is 0 Å². The number of nitrogens with zero attached hydrogens (tertiary/aromatic N) is 1. The molecule has 0 spiro atoms. The molecule has 22 heavy (non-hydrogen) atoms. The van der Waals surface area contributed by atoms with E-state index in [1.807, 2.05) is 0 Å². The minimum Gasteiger partial charge on any atom is -0.401 e. The van der Waals surface area contributed by atoms with E-state index in [1.54, 1.807) is 6.92 Å². The minimum atomic E-state index is -4.41. The highest BCUT2D eigenvalue weighted by Crippen LogP contribution is 2.30. The summed E-state index contributed by atoms with van der Waals surface area (Å²) in [6, 6.07) is 4.25. The van der Waals surface area contributed by atoms with Crippen LogP contribution in [-0.2, 0) is 11.0 Å². The Labute approximate surface area is 125 Å². The Bertz CT molecular complexity index is 601. The number of hydrogen-bond donors (Lipinski definition) is 3. The molecular formula is C14H16F3N3O2. The van der Waals surface area contributed by atoms with Crippen LogP contribution < -0.4 is 11.1 Å². The van der Waals surface area contributed by atoms with E-state index in [0.717, 1.165) is 12.1 Å². The molecule has 1 aromatic carbocycles. The maximum absolute atomic E-state index is 12.5. The van der Waals surface area contributed by atoms with Gasteiger partial charge in [0, 0.05) is 5.70 Å². The van der Waals surface area contributed by atoms with Gasteiger partial charge in [0.2, 0.25) is 5.91 Å². The van der Waals surface area contributed by atoms with Gasteiger partial charge in [0.25, 0.3) is 0 Å². The quantitative estimate of drug-likeness (QED) is 0.744. The second-order valence-corrected chi connectivity index (χ2v) is 4.51. The highest BCUT2D eigenvalue weighted by Gasteiger charge is 2.29. The standard InChI is InChI=1S/C14H16F3N3O2/c1-8(18)13(20-12(22)7-21)9(2)19-11-5-3-10(4-6-11)14(15,16)17/h3-6,21H,7,18H2,1-2H3,(H,20,22). The first-order valence-corrected chi connectivity index (χ1v) is 6.25. The predicted octanol–water partition coefficient (Wildman–Crippen LogP) is 2.10. The van der Waals surface area contributed by atoms with Crippen molar-refractivity contribution in [1.29, 1.82) is 0 Å². The molecule has 120 valence electrons. The van der Waals surface area contributed by atoms with Gasteiger partial charge in [-0.1, -0.05) is 0 Å². The van der Waals surface area contributed by atoms with Gasteiger partial charge >= 0.3 is 6.18 Å². The number of aliphatic hydroxyl groups excluding tert-OH is 1. The second kappa shape index (κ2) is 7.08. The molecule has 0 atom stereocenters. The van der Waals surface area contributed by atoms with Crippen molar-refractivity contribution in [2.75, 3.05) is 6.61 Å². The molecule has 4 N–H and O–H groups in total. The summed E-state index contributed by atoms with van der Waals surface area (Å²) in [6.45, 7) is 2.35. The first kappa shape index (κ1) is 17.7. The summed E-state index contributed by atoms with van der Waals surface area (Å²) in [7, 11) is 0. The van der Waals surface area contributed by atoms with E-state index >= 15 is 0 Å². The number of halogens is 3. The molecule has 0 saturated heterocycles. The van der Waals surface area contributed by atoms with Gasteiger partial charge < -0.3 is 16.2 Å². The van der Waals surface area contributed by atoms with E-state index in [4.69, 9.17) is 10.8 Å². The van der Waals surface area contributed by atoms with Gasteiger partial charge in [-0.2, -0.15) is 13.2 Å². The number of nitrogens with two attached hydrogens (primary N) is 1. The van der Waals surface area contributed by atoms with Crippen molar-refractivity contribution in [3.05, 3.63) is 41.2 Å². The maximum atomic E-state index is 12.5. The number of aliphatic hydroxyl groups is 1. The molecule has 0 saturated carbocycles. The van der Waals surface area contributed by atoms with Gasteiger partial charge in [-0.3, -0.25) is 9.79 Å². The third-order valence-electron chi connectivity index (χ3n) is 2.66. The van der Waals surface area contributed by atoms with Crippen molar-refractivity contribution in [3.8, 4) is 0 Å². The Hall–Kier alpha value is -2.35. The molecule has 0 aromatic heterocycles. The maximum Gasteiger partial charge on any atom is 0.416 e. The molecule has 0 aliphatic carbocycles. The zero-order valence-electron chi connectivity index (χ0n) is 12.0. The van der Waals surface area contributed by atoms with Crippen LogP contribution in [0.2, 0.25) is 0 Å². The number of hydrogen-bond acceptors (Lipinski definition) is 4. The van der Waals surface area contributed by atoms with Crippen molar-refractivity contribution in [3.63, 3.8) is 0 Å². The van der Waals surface area contributed by atoms with Gasteiger partial charge in [0.1, 0.15) is 6.61 Å². The molecule has 0 bridgehead atoms. The van der Waals surface area contributed by atoms with Gasteiger partial charge in [0.15, 0.2) is 0 Å². The Balaban J connectivity index is 3.04. The van der Waals surface area contributed by atoms with E-state index in [2.05, 4.69) is 10.3 Å². The smallest absolute Gasteiger partial charge is 0.401 e. The molecule has 0 heterocycles. The Morgan fingerprint density at radius 1 is 1.27 bits per heavy atom. The van der Waals surface area contributed by atoms with Crippen LogP contribution in [0, 0.1) is 0 Å². The van der Waals surface area contributed by atoms with Crippen LogP contribution in [0.1, 0.15) is 19.4 Å². The molecule has 1 amide bonds. The number of nitrogens with one attached hydrogen (secondary N) is 1. The summed E-state index contributed by atoms with van der Waals surface area (Å²) in [5, 5.41) is 11.1. The minimum absolute atomic E-state index is 0.207. The summed E-state index contributed by atoms with van der Waals surface area (Å²) in [6.07, 6.45) is -4.41. The van der Waals surface area contributed by atoms with Crippen molar-refractivity contribution in [1.82, 2.24) is 5.32 Å². The first-order chi connectivity index (χ1) is 10.1. The summed E-state index contributed by atoms with van der Waals surface area (Å²) >= 11 is 0. The summed E-state index contributed by atoms with van der Waals surface area (Å²) in [4.78, 5) is 15.3. The molecule has 1 aromatic rings. The topological polar surface area (TPSA) is 87.7 Å². The van der Waals surface area contributed by atoms with Crippen molar-refractivity contribution < 1.29 is 23.1 Å². The zero-order chi connectivity index (χ0) is 16.9. The van der Waals surface area contributed by atoms with Crippen molar-refractivity contribution in [2.45, 2.75) is 20.0 Å². The first-order valence-electron chi connectivity index (χ1n) is 6.25. The van der Waals surface area contributed by atoms with Gasteiger partial charge in [0.05, 0.1) is 22.7 Å². The molecule has 0 fully saturated rings. The number of alkyl halides is 3. The van der Waals surface area contributed by atoms with E-state index in [0.29, 0.717) is 5.71 Å². The highest BCUT2D eigenvalue weighted by atomic mass is 19.4. The lowest BCUT2D eigenvalue weighted by molar-refractivity contribution is -0.137. The average Bonchev–Trinajstić information content (AvgIpc) is 2.43. The van der Waals surface area contributed by atoms with Crippen LogP contribution in [0.5, 0.6) is 0 Å². The van der Waals surface area contributed by atoms with Crippen LogP contribution in [0.4, 0.5) is 18.9 Å². The number of rotatable bonds is 4. The third-order valence-corrected chi connectivity index (χ3v) is 2.66. The molecule has 0 unspecified atom stereocenters. The summed E-state index contributed by atoms with van der Waals surface area (Å²) < 4.78 is 37.4. The Kier molecular flexibility index (Phi) is 5.69. The van der Waals surface area contributed by atoms with Crippen LogP contribution >= 0.6 is 0 Å². The average molecular weight is 315 g/mol. The number of aliphatic imine (C=N–C) groups is 1. The summed E-state index contributed by atoms with van der Waals surface area (Å²) in [5.74, 6) is -0.665. The van der Waals surface area contributed by atoms with Crippen LogP contribution in [-0.4, -0.2) is 23.3 Å². The fourth-order valence-corrected chi connectivity index (χ4v) is 1.63. The predicted molar refractivity (Wildman–Crippen MR) is 76.3 cm³/mol. The number of carbonyl (C=O) groups is 1. The van der Waals surface area contributed by atoms with Crippen LogP contribution in [0.15, 0.2) is 40.7 Å². The number of benzene rings is 1. The van der Waals surface area contributed by atoms with E-state index in [9.17, 15) is 18.0 Å². The van der Waals surface area contributed by atoms with Crippen molar-refractivity contribution in [2.24, 2.45) is 10.7 Å². The lowest BCUT2D eigenvalue weighted by Crippen LogP contribution is -2.31. The Morgan fingerprint density at radius 3 is 2.23 bits per heavy atom. The second-order valence-electron chi connectivity index (χ2n) is 4.51. The van der Waals surface area contributed by atoms with E-state index < -0.39 is 24.3 Å². The van der Waals surface area contributed by atoms with E-state index in [1.165, 1.54) is 19.1 Å². The zero-order valence-corrected chi connectivity index (χ0v) is 12.0. The number of carbonyl (C=O) groups excluding carboxylic acids is 1. The van der Waals surface area contributed by atoms with Gasteiger partial charge in [-0.05, 0) is 38.1 Å². The largest absolute Gasteiger partial charge is 0.416 e. The third kappa shape index (κ3) is 4.88. The van der Waals surface area contributed by atoms with Crippen LogP contribution in [0.3, 0.4) is 0 Å². The molecule has 0 aliphatic rings. The van der Waals surface area contributed by atoms with Crippen molar-refractivity contribution >= 4 is 17.3 Å². The fourth-order valence-electron chi connectivity index (χ4n) is 1.63. The lowest BCUT2D eigenvalue weighted by Gasteiger charge is -2.11. The number of allylic oxidation sites excluding steroid dienone is 2. The highest BCUT2D eigenvalue weighted by molar-refractivity contribution is 6.03. The molecular weight excluding hydrogens is 299 g/mol. The van der Waals surface area contributed by atoms with E-state index in [-0.39, 0.29) is 17.1 Å². The SMILES string of the molecule is CC(=Nc1ccc(C(F)(F)F)cc1)C(NC(=O)CO)=C(C)N. The molecule has 1 rings (SSSR count). The Morgan fingerprint density at radius 2 is 1.82 bits per heavy atom. The monoisotopic (exact) mass is 315 g/mol. The lowest BCUT2D eigenvalue weighted by atomic mass is 10.2. The molecule has 5 nitrogen and oxygen atoms in total.